The number of rotatable bonds is 5. The van der Waals surface area contributed by atoms with Gasteiger partial charge in [-0.05, 0) is 26.0 Å². The minimum absolute atomic E-state index is 0.0476. The zero-order valence-corrected chi connectivity index (χ0v) is 12.3. The first-order valence-corrected chi connectivity index (χ1v) is 7.47. The van der Waals surface area contributed by atoms with Crippen LogP contribution in [-0.4, -0.2) is 29.8 Å². The van der Waals surface area contributed by atoms with Crippen LogP contribution in [0.25, 0.3) is 0 Å². The summed E-state index contributed by atoms with van der Waals surface area (Å²) < 4.78 is 33.1. The second-order valence-electron chi connectivity index (χ2n) is 4.86. The van der Waals surface area contributed by atoms with Crippen LogP contribution in [0.4, 0.5) is 0 Å². The van der Waals surface area contributed by atoms with E-state index in [9.17, 15) is 13.5 Å². The molecule has 0 saturated heterocycles. The standard InChI is InChI=1S/C12H17N3O4S/c1-9-4-5-11(19-9)12(2,16)8-14-20(17,18)10-6-13-15(3)7-10/h4-7,14,16H,8H2,1-3H3/t12-/m1/s1. The molecule has 20 heavy (non-hydrogen) atoms. The first kappa shape index (κ1) is 14.8. The molecular weight excluding hydrogens is 282 g/mol. The van der Waals surface area contributed by atoms with Crippen molar-refractivity contribution in [3.63, 3.8) is 0 Å². The van der Waals surface area contributed by atoms with Crippen molar-refractivity contribution >= 4 is 10.0 Å². The summed E-state index contributed by atoms with van der Waals surface area (Å²) in [7, 11) is -2.08. The predicted molar refractivity (Wildman–Crippen MR) is 71.4 cm³/mol. The summed E-state index contributed by atoms with van der Waals surface area (Å²) >= 11 is 0. The van der Waals surface area contributed by atoms with Gasteiger partial charge in [-0.25, -0.2) is 13.1 Å². The highest BCUT2D eigenvalue weighted by Gasteiger charge is 2.29. The highest BCUT2D eigenvalue weighted by molar-refractivity contribution is 7.89. The quantitative estimate of drug-likeness (QED) is 0.838. The summed E-state index contributed by atoms with van der Waals surface area (Å²) in [6, 6.07) is 3.33. The second-order valence-corrected chi connectivity index (χ2v) is 6.63. The van der Waals surface area contributed by atoms with Gasteiger partial charge in [-0.15, -0.1) is 0 Å². The molecule has 0 aliphatic heterocycles. The Bertz CT molecular complexity index is 700. The van der Waals surface area contributed by atoms with E-state index in [1.807, 2.05) is 0 Å². The molecule has 2 rings (SSSR count). The van der Waals surface area contributed by atoms with E-state index in [2.05, 4.69) is 9.82 Å². The lowest BCUT2D eigenvalue weighted by molar-refractivity contribution is 0.0387. The average Bonchev–Trinajstić information content (AvgIpc) is 2.96. The molecule has 7 nitrogen and oxygen atoms in total. The third kappa shape index (κ3) is 3.09. The molecule has 0 unspecified atom stereocenters. The van der Waals surface area contributed by atoms with E-state index in [4.69, 9.17) is 4.42 Å². The molecule has 0 saturated carbocycles. The van der Waals surface area contributed by atoms with Crippen LogP contribution in [0.1, 0.15) is 18.4 Å². The number of aromatic nitrogens is 2. The first-order valence-electron chi connectivity index (χ1n) is 5.98. The smallest absolute Gasteiger partial charge is 0.243 e. The summed E-state index contributed by atoms with van der Waals surface area (Å²) in [5.74, 6) is 0.958. The van der Waals surface area contributed by atoms with Crippen molar-refractivity contribution in [2.45, 2.75) is 24.3 Å². The van der Waals surface area contributed by atoms with Crippen LogP contribution in [0.3, 0.4) is 0 Å². The Morgan fingerprint density at radius 1 is 1.50 bits per heavy atom. The molecule has 0 aliphatic rings. The largest absolute Gasteiger partial charge is 0.463 e. The topological polar surface area (TPSA) is 97.4 Å². The van der Waals surface area contributed by atoms with E-state index in [0.29, 0.717) is 11.5 Å². The van der Waals surface area contributed by atoms with Crippen LogP contribution in [0.5, 0.6) is 0 Å². The van der Waals surface area contributed by atoms with Crippen LogP contribution in [-0.2, 0) is 22.7 Å². The molecule has 110 valence electrons. The SMILES string of the molecule is Cc1ccc([C@](C)(O)CNS(=O)(=O)c2cnn(C)c2)o1. The van der Waals surface area contributed by atoms with Crippen molar-refractivity contribution in [3.8, 4) is 0 Å². The monoisotopic (exact) mass is 299 g/mol. The molecular formula is C12H17N3O4S. The van der Waals surface area contributed by atoms with Gasteiger partial charge in [0.2, 0.25) is 10.0 Å². The number of aryl methyl sites for hydroxylation is 2. The lowest BCUT2D eigenvalue weighted by Crippen LogP contribution is -2.38. The molecule has 2 heterocycles. The van der Waals surface area contributed by atoms with Crippen LogP contribution in [0, 0.1) is 6.92 Å². The highest BCUT2D eigenvalue weighted by Crippen LogP contribution is 2.22. The van der Waals surface area contributed by atoms with E-state index in [0.717, 1.165) is 0 Å². The Morgan fingerprint density at radius 2 is 2.20 bits per heavy atom. The predicted octanol–water partition coefficient (Wildman–Crippen LogP) is 0.508. The zero-order valence-electron chi connectivity index (χ0n) is 11.5. The van der Waals surface area contributed by atoms with E-state index in [-0.39, 0.29) is 11.4 Å². The third-order valence-corrected chi connectivity index (χ3v) is 4.22. The van der Waals surface area contributed by atoms with Crippen LogP contribution in [0.15, 0.2) is 33.8 Å². The van der Waals surface area contributed by atoms with Crippen molar-refractivity contribution in [2.24, 2.45) is 7.05 Å². The Kier molecular flexibility index (Phi) is 3.72. The van der Waals surface area contributed by atoms with E-state index < -0.39 is 15.6 Å². The Hall–Kier alpha value is -1.64. The summed E-state index contributed by atoms with van der Waals surface area (Å²) in [5, 5.41) is 14.1. The lowest BCUT2D eigenvalue weighted by Gasteiger charge is -2.20. The summed E-state index contributed by atoms with van der Waals surface area (Å²) in [6.07, 6.45) is 2.63. The molecule has 0 bridgehead atoms. The van der Waals surface area contributed by atoms with Crippen molar-refractivity contribution < 1.29 is 17.9 Å². The lowest BCUT2D eigenvalue weighted by atomic mass is 10.1. The minimum atomic E-state index is -3.71. The molecule has 0 aromatic carbocycles. The van der Waals surface area contributed by atoms with Crippen LogP contribution >= 0.6 is 0 Å². The van der Waals surface area contributed by atoms with Gasteiger partial charge in [-0.2, -0.15) is 5.10 Å². The van der Waals surface area contributed by atoms with Gasteiger partial charge < -0.3 is 9.52 Å². The maximum Gasteiger partial charge on any atom is 0.243 e. The van der Waals surface area contributed by atoms with E-state index in [1.54, 1.807) is 26.1 Å². The third-order valence-electron chi connectivity index (χ3n) is 2.87. The van der Waals surface area contributed by atoms with Crippen LogP contribution in [0.2, 0.25) is 0 Å². The molecule has 0 radical (unpaired) electrons. The number of nitrogens with one attached hydrogen (secondary N) is 1. The molecule has 2 N–H and O–H groups in total. The molecule has 0 spiro atoms. The first-order chi connectivity index (χ1) is 9.21. The molecule has 2 aromatic heterocycles. The maximum absolute atomic E-state index is 12.0. The molecule has 0 fully saturated rings. The number of aliphatic hydroxyl groups is 1. The van der Waals surface area contributed by atoms with E-state index in [1.165, 1.54) is 24.0 Å². The van der Waals surface area contributed by atoms with Gasteiger partial charge in [0.25, 0.3) is 0 Å². The normalized spacial score (nSPS) is 15.2. The average molecular weight is 299 g/mol. The van der Waals surface area contributed by atoms with Gasteiger partial charge >= 0.3 is 0 Å². The highest BCUT2D eigenvalue weighted by atomic mass is 32.2. The Balaban J connectivity index is 2.11. The van der Waals surface area contributed by atoms with Crippen molar-refractivity contribution in [2.75, 3.05) is 6.54 Å². The number of sulfonamides is 1. The molecule has 2 aromatic rings. The fraction of sp³-hybridized carbons (Fsp3) is 0.417. The van der Waals surface area contributed by atoms with Gasteiger partial charge in [-0.3, -0.25) is 4.68 Å². The summed E-state index contributed by atoms with van der Waals surface area (Å²) in [5.41, 5.74) is -1.43. The number of hydrogen-bond donors (Lipinski definition) is 2. The fourth-order valence-corrected chi connectivity index (χ4v) is 2.78. The number of hydrogen-bond acceptors (Lipinski definition) is 5. The minimum Gasteiger partial charge on any atom is -0.463 e. The number of nitrogens with zero attached hydrogens (tertiary/aromatic N) is 2. The van der Waals surface area contributed by atoms with Gasteiger partial charge in [-0.1, -0.05) is 0 Å². The van der Waals surface area contributed by atoms with Gasteiger partial charge in [0.05, 0.1) is 6.20 Å². The molecule has 0 amide bonds. The van der Waals surface area contributed by atoms with E-state index >= 15 is 0 Å². The van der Waals surface area contributed by atoms with Crippen molar-refractivity contribution in [1.29, 1.82) is 0 Å². The number of furan rings is 1. The molecule has 0 aliphatic carbocycles. The van der Waals surface area contributed by atoms with Crippen molar-refractivity contribution in [1.82, 2.24) is 14.5 Å². The van der Waals surface area contributed by atoms with Gasteiger partial charge in [0.1, 0.15) is 22.0 Å². The maximum atomic E-state index is 12.0. The summed E-state index contributed by atoms with van der Waals surface area (Å²) in [4.78, 5) is 0.0476. The van der Waals surface area contributed by atoms with Crippen LogP contribution < -0.4 is 4.72 Å². The second kappa shape index (κ2) is 5.04. The van der Waals surface area contributed by atoms with Gasteiger partial charge in [0.15, 0.2) is 0 Å². The van der Waals surface area contributed by atoms with Crippen molar-refractivity contribution in [3.05, 3.63) is 36.0 Å². The fourth-order valence-electron chi connectivity index (χ4n) is 1.67. The summed E-state index contributed by atoms with van der Waals surface area (Å²) in [6.45, 7) is 3.04. The zero-order chi connectivity index (χ0) is 15.0. The van der Waals surface area contributed by atoms with Gasteiger partial charge in [0, 0.05) is 19.8 Å². The Morgan fingerprint density at radius 3 is 2.70 bits per heavy atom. The molecule has 1 atom stereocenters. The molecule has 8 heteroatoms. The Labute approximate surface area is 117 Å².